The van der Waals surface area contributed by atoms with Gasteiger partial charge in [-0.3, -0.25) is 9.78 Å². The normalized spacial score (nSPS) is 14.7. The molecule has 144 valence electrons. The number of rotatable bonds is 7. The van der Waals surface area contributed by atoms with Crippen LogP contribution >= 0.6 is 12.2 Å². The van der Waals surface area contributed by atoms with Gasteiger partial charge in [0.1, 0.15) is 0 Å². The molecule has 0 aliphatic carbocycles. The molecule has 9 heteroatoms. The molecule has 0 amide bonds. The highest BCUT2D eigenvalue weighted by atomic mass is 32.1. The van der Waals surface area contributed by atoms with Crippen LogP contribution in [0, 0.1) is 11.3 Å². The number of H-pyrrole nitrogens is 1. The molecule has 26 heavy (non-hydrogen) atoms. The van der Waals surface area contributed by atoms with E-state index in [9.17, 15) is 4.79 Å². The average Bonchev–Trinajstić information content (AvgIpc) is 2.88. The number of aryl methyl sites for hydroxylation is 1. The van der Waals surface area contributed by atoms with E-state index in [0.29, 0.717) is 17.7 Å². The van der Waals surface area contributed by atoms with Gasteiger partial charge in [-0.1, -0.05) is 33.0 Å². The molecular formula is C17H29N5O2SSi. The topological polar surface area (TPSA) is 98.8 Å². The molecule has 7 nitrogen and oxygen atoms in total. The summed E-state index contributed by atoms with van der Waals surface area (Å²) in [7, 11) is -1.22. The van der Waals surface area contributed by atoms with Gasteiger partial charge in [-0.2, -0.15) is 4.98 Å². The van der Waals surface area contributed by atoms with E-state index in [4.69, 9.17) is 22.4 Å². The number of aromatic nitrogens is 4. The minimum atomic E-state index is -1.22. The Morgan fingerprint density at radius 1 is 1.46 bits per heavy atom. The standard InChI is InChI=1S/C17H29N5O2SSi/c1-10(25)11(13(17(2,3)4)24-26(5)6)7-8-22-9-19-12-14(22)20-16(18)21-15(12)23/h9,11,13,26H,7-8H2,1-6H3,(H3,18,20,21,23). The lowest BCUT2D eigenvalue weighted by Crippen LogP contribution is -2.42. The molecule has 0 spiro atoms. The lowest BCUT2D eigenvalue weighted by Gasteiger charge is -2.38. The Labute approximate surface area is 161 Å². The Balaban J connectivity index is 2.29. The van der Waals surface area contributed by atoms with Crippen LogP contribution in [0.2, 0.25) is 13.1 Å². The van der Waals surface area contributed by atoms with Crippen LogP contribution in [0.5, 0.6) is 0 Å². The smallest absolute Gasteiger partial charge is 0.280 e. The van der Waals surface area contributed by atoms with Crippen molar-refractivity contribution in [2.45, 2.75) is 59.9 Å². The Morgan fingerprint density at radius 2 is 2.12 bits per heavy atom. The molecule has 2 rings (SSSR count). The molecule has 3 N–H and O–H groups in total. The van der Waals surface area contributed by atoms with Gasteiger partial charge in [0.2, 0.25) is 5.95 Å². The van der Waals surface area contributed by atoms with Crippen molar-refractivity contribution in [1.29, 1.82) is 0 Å². The number of nitrogen functional groups attached to an aromatic ring is 1. The van der Waals surface area contributed by atoms with Gasteiger partial charge in [-0.25, -0.2) is 4.98 Å². The van der Waals surface area contributed by atoms with Crippen molar-refractivity contribution < 1.29 is 4.43 Å². The second kappa shape index (κ2) is 7.97. The highest BCUT2D eigenvalue weighted by Gasteiger charge is 2.34. The zero-order valence-corrected chi connectivity index (χ0v) is 18.3. The van der Waals surface area contributed by atoms with Crippen molar-refractivity contribution in [3.63, 3.8) is 0 Å². The van der Waals surface area contributed by atoms with Crippen molar-refractivity contribution in [2.24, 2.45) is 11.3 Å². The number of thiocarbonyl (C=S) groups is 1. The first kappa shape index (κ1) is 20.7. The van der Waals surface area contributed by atoms with E-state index in [1.807, 2.05) is 11.5 Å². The van der Waals surface area contributed by atoms with Crippen LogP contribution < -0.4 is 11.3 Å². The van der Waals surface area contributed by atoms with Crippen LogP contribution in [0.4, 0.5) is 5.95 Å². The second-order valence-electron chi connectivity index (χ2n) is 8.04. The highest BCUT2D eigenvalue weighted by Crippen LogP contribution is 2.32. The first-order valence-electron chi connectivity index (χ1n) is 8.87. The lowest BCUT2D eigenvalue weighted by molar-refractivity contribution is 0.0530. The third-order valence-electron chi connectivity index (χ3n) is 4.33. The maximum Gasteiger partial charge on any atom is 0.280 e. The van der Waals surface area contributed by atoms with Gasteiger partial charge in [-0.15, -0.1) is 0 Å². The molecule has 0 aliphatic heterocycles. The van der Waals surface area contributed by atoms with Gasteiger partial charge in [0.05, 0.1) is 12.4 Å². The summed E-state index contributed by atoms with van der Waals surface area (Å²) >= 11 is 5.57. The van der Waals surface area contributed by atoms with Gasteiger partial charge in [-0.05, 0) is 36.7 Å². The molecule has 2 unspecified atom stereocenters. The summed E-state index contributed by atoms with van der Waals surface area (Å²) in [6.45, 7) is 13.5. The average molecular weight is 396 g/mol. The number of fused-ring (bicyclic) bond motifs is 1. The van der Waals surface area contributed by atoms with Gasteiger partial charge >= 0.3 is 0 Å². The highest BCUT2D eigenvalue weighted by molar-refractivity contribution is 7.80. The molecule has 0 fully saturated rings. The fourth-order valence-electron chi connectivity index (χ4n) is 3.18. The number of anilines is 1. The van der Waals surface area contributed by atoms with E-state index in [1.165, 1.54) is 0 Å². The van der Waals surface area contributed by atoms with Gasteiger partial charge in [0, 0.05) is 12.5 Å². The number of nitrogens with zero attached hydrogens (tertiary/aromatic N) is 3. The van der Waals surface area contributed by atoms with Crippen molar-refractivity contribution in [3.8, 4) is 0 Å². The van der Waals surface area contributed by atoms with Crippen LogP contribution in [0.15, 0.2) is 11.1 Å². The molecule has 2 heterocycles. The summed E-state index contributed by atoms with van der Waals surface area (Å²) in [4.78, 5) is 23.7. The Hall–Kier alpha value is -1.58. The van der Waals surface area contributed by atoms with Crippen molar-refractivity contribution >= 4 is 43.2 Å². The fraction of sp³-hybridized carbons (Fsp3) is 0.647. The first-order valence-corrected chi connectivity index (χ1v) is 12.1. The van der Waals surface area contributed by atoms with Crippen molar-refractivity contribution in [3.05, 3.63) is 16.7 Å². The van der Waals surface area contributed by atoms with Gasteiger partial charge in [0.15, 0.2) is 20.2 Å². The first-order chi connectivity index (χ1) is 12.0. The van der Waals surface area contributed by atoms with Gasteiger partial charge in [0.25, 0.3) is 5.56 Å². The summed E-state index contributed by atoms with van der Waals surface area (Å²) in [6.07, 6.45) is 2.48. The summed E-state index contributed by atoms with van der Waals surface area (Å²) in [5.41, 5.74) is 6.13. The van der Waals surface area contributed by atoms with E-state index >= 15 is 0 Å². The van der Waals surface area contributed by atoms with E-state index in [2.05, 4.69) is 48.8 Å². The number of aromatic amines is 1. The van der Waals surface area contributed by atoms with Crippen LogP contribution in [-0.4, -0.2) is 39.5 Å². The quantitative estimate of drug-likeness (QED) is 0.552. The maximum atomic E-state index is 11.9. The molecule has 0 radical (unpaired) electrons. The summed E-state index contributed by atoms with van der Waals surface area (Å²) in [6, 6.07) is 0. The van der Waals surface area contributed by atoms with Crippen LogP contribution in [0.3, 0.4) is 0 Å². The van der Waals surface area contributed by atoms with Crippen molar-refractivity contribution in [1.82, 2.24) is 19.5 Å². The van der Waals surface area contributed by atoms with Crippen molar-refractivity contribution in [2.75, 3.05) is 5.73 Å². The van der Waals surface area contributed by atoms with E-state index in [-0.39, 0.29) is 28.9 Å². The molecule has 0 bridgehead atoms. The molecule has 0 aromatic carbocycles. The second-order valence-corrected chi connectivity index (χ2v) is 11.1. The number of imidazole rings is 1. The molecule has 2 aromatic heterocycles. The van der Waals surface area contributed by atoms with Gasteiger partial charge < -0.3 is 14.7 Å². The summed E-state index contributed by atoms with van der Waals surface area (Å²) in [5.74, 6) is 0.227. The van der Waals surface area contributed by atoms with E-state index in [1.54, 1.807) is 6.33 Å². The SMILES string of the molecule is CC(=S)C(CCn1cnc2c(=O)[nH]c(N)nc21)C(O[SiH](C)C)C(C)(C)C. The predicted octanol–water partition coefficient (Wildman–Crippen LogP) is 2.51. The monoisotopic (exact) mass is 395 g/mol. The number of hydrogen-bond donors (Lipinski definition) is 2. The summed E-state index contributed by atoms with van der Waals surface area (Å²) < 4.78 is 8.23. The Morgan fingerprint density at radius 3 is 2.65 bits per heavy atom. The number of nitrogens with two attached hydrogens (primary N) is 1. The molecule has 2 atom stereocenters. The number of hydrogen-bond acceptors (Lipinski definition) is 6. The molecule has 0 saturated heterocycles. The minimum absolute atomic E-state index is 0.0150. The zero-order chi connectivity index (χ0) is 19.6. The molecule has 0 aliphatic rings. The molecular weight excluding hydrogens is 366 g/mol. The Kier molecular flexibility index (Phi) is 6.36. The van der Waals surface area contributed by atoms with E-state index < -0.39 is 9.04 Å². The fourth-order valence-corrected chi connectivity index (χ4v) is 4.60. The third kappa shape index (κ3) is 4.77. The van der Waals surface area contributed by atoms with E-state index in [0.717, 1.165) is 11.3 Å². The largest absolute Gasteiger partial charge is 0.417 e. The number of nitrogens with one attached hydrogen (secondary N) is 1. The predicted molar refractivity (Wildman–Crippen MR) is 112 cm³/mol. The van der Waals surface area contributed by atoms with Crippen LogP contribution in [0.1, 0.15) is 34.1 Å². The third-order valence-corrected chi connectivity index (χ3v) is 5.47. The minimum Gasteiger partial charge on any atom is -0.417 e. The lowest BCUT2D eigenvalue weighted by atomic mass is 9.78. The zero-order valence-electron chi connectivity index (χ0n) is 16.4. The Bertz CT molecular complexity index is 840. The van der Waals surface area contributed by atoms with Crippen LogP contribution in [-0.2, 0) is 11.0 Å². The maximum absolute atomic E-state index is 11.9. The summed E-state index contributed by atoms with van der Waals surface area (Å²) in [5, 5.41) is 0. The molecule has 0 saturated carbocycles. The van der Waals surface area contributed by atoms with Crippen LogP contribution in [0.25, 0.3) is 11.2 Å². The molecule has 2 aromatic rings.